The van der Waals surface area contributed by atoms with Crippen LogP contribution in [-0.2, 0) is 0 Å². The monoisotopic (exact) mass is 245 g/mol. The van der Waals surface area contributed by atoms with E-state index in [-0.39, 0.29) is 0 Å². The lowest BCUT2D eigenvalue weighted by atomic mass is 10.1. The van der Waals surface area contributed by atoms with Crippen LogP contribution in [0.15, 0.2) is 42.6 Å². The summed E-state index contributed by atoms with van der Waals surface area (Å²) >= 11 is 0. The molecule has 1 aromatic heterocycles. The van der Waals surface area contributed by atoms with Crippen LogP contribution in [0.4, 0.5) is 0 Å². The van der Waals surface area contributed by atoms with Crippen LogP contribution in [0.5, 0.6) is 11.5 Å². The molecule has 1 N–H and O–H groups in total. The number of hydrogen-bond donors (Lipinski definition) is 1. The second kappa shape index (κ2) is 5.51. The van der Waals surface area contributed by atoms with E-state index in [1.165, 1.54) is 0 Å². The van der Waals surface area contributed by atoms with Gasteiger partial charge in [0, 0.05) is 6.20 Å². The van der Waals surface area contributed by atoms with E-state index in [1.807, 2.05) is 12.1 Å². The highest BCUT2D eigenvalue weighted by Crippen LogP contribution is 2.31. The van der Waals surface area contributed by atoms with E-state index in [0.717, 1.165) is 0 Å². The van der Waals surface area contributed by atoms with Gasteiger partial charge >= 0.3 is 0 Å². The van der Waals surface area contributed by atoms with Crippen LogP contribution < -0.4 is 9.47 Å². The van der Waals surface area contributed by atoms with E-state index in [1.54, 1.807) is 44.7 Å². The highest BCUT2D eigenvalue weighted by Gasteiger charge is 2.14. The summed E-state index contributed by atoms with van der Waals surface area (Å²) in [5.41, 5.74) is 1.32. The molecule has 94 valence electrons. The van der Waals surface area contributed by atoms with Gasteiger partial charge in [0.05, 0.1) is 19.9 Å². The lowest BCUT2D eigenvalue weighted by Crippen LogP contribution is -2.02. The van der Waals surface area contributed by atoms with E-state index in [2.05, 4.69) is 4.98 Å². The smallest absolute Gasteiger partial charge is 0.161 e. The molecule has 4 heteroatoms. The summed E-state index contributed by atoms with van der Waals surface area (Å²) in [7, 11) is 3.14. The molecule has 0 bridgehead atoms. The standard InChI is InChI=1S/C14H15NO3/c1-17-12-7-6-10(9-13(12)18-2)14(16)11-5-3-4-8-15-11/h3-9,14,16H,1-2H3/t14-/m1/s1. The summed E-state index contributed by atoms with van der Waals surface area (Å²) in [5.74, 6) is 1.22. The normalized spacial score (nSPS) is 11.9. The number of pyridine rings is 1. The Morgan fingerprint density at radius 1 is 1.06 bits per heavy atom. The van der Waals surface area contributed by atoms with Gasteiger partial charge in [0.2, 0.25) is 0 Å². The first kappa shape index (κ1) is 12.4. The average molecular weight is 245 g/mol. The van der Waals surface area contributed by atoms with Gasteiger partial charge in [-0.1, -0.05) is 12.1 Å². The Labute approximate surface area is 106 Å². The summed E-state index contributed by atoms with van der Waals surface area (Å²) < 4.78 is 10.4. The molecule has 0 radical (unpaired) electrons. The molecule has 0 fully saturated rings. The number of hydrogen-bond acceptors (Lipinski definition) is 4. The summed E-state index contributed by atoms with van der Waals surface area (Å²) in [6.07, 6.45) is 0.880. The van der Waals surface area contributed by atoms with E-state index in [4.69, 9.17) is 9.47 Å². The highest BCUT2D eigenvalue weighted by molar-refractivity contribution is 5.44. The van der Waals surface area contributed by atoms with Crippen LogP contribution in [0.2, 0.25) is 0 Å². The van der Waals surface area contributed by atoms with Gasteiger partial charge in [-0.25, -0.2) is 0 Å². The SMILES string of the molecule is COc1ccc([C@@H](O)c2ccccn2)cc1OC. The maximum absolute atomic E-state index is 10.2. The zero-order valence-electron chi connectivity index (χ0n) is 10.3. The van der Waals surface area contributed by atoms with Crippen LogP contribution in [-0.4, -0.2) is 24.3 Å². The lowest BCUT2D eigenvalue weighted by Gasteiger charge is -2.13. The molecule has 0 aliphatic rings. The molecule has 0 aliphatic carbocycles. The van der Waals surface area contributed by atoms with Gasteiger partial charge in [0.15, 0.2) is 11.5 Å². The molecule has 0 amide bonds. The molecule has 0 aliphatic heterocycles. The van der Waals surface area contributed by atoms with Crippen molar-refractivity contribution < 1.29 is 14.6 Å². The number of methoxy groups -OCH3 is 2. The second-order valence-electron chi connectivity index (χ2n) is 3.77. The first-order valence-electron chi connectivity index (χ1n) is 5.57. The molecule has 4 nitrogen and oxygen atoms in total. The summed E-state index contributed by atoms with van der Waals surface area (Å²) in [4.78, 5) is 4.13. The number of aliphatic hydroxyl groups is 1. The minimum atomic E-state index is -0.772. The molecule has 18 heavy (non-hydrogen) atoms. The predicted octanol–water partition coefficient (Wildman–Crippen LogP) is 2.18. The minimum absolute atomic E-state index is 0.588. The number of nitrogens with zero attached hydrogens (tertiary/aromatic N) is 1. The molecule has 2 rings (SSSR count). The van der Waals surface area contributed by atoms with Crippen molar-refractivity contribution in [3.63, 3.8) is 0 Å². The number of aliphatic hydroxyl groups excluding tert-OH is 1. The first-order chi connectivity index (χ1) is 8.76. The van der Waals surface area contributed by atoms with Gasteiger partial charge in [-0.15, -0.1) is 0 Å². The van der Waals surface area contributed by atoms with Crippen molar-refractivity contribution in [2.45, 2.75) is 6.10 Å². The first-order valence-corrected chi connectivity index (χ1v) is 5.57. The summed E-state index contributed by atoms with van der Waals surface area (Å²) in [6.45, 7) is 0. The van der Waals surface area contributed by atoms with Crippen LogP contribution in [0.3, 0.4) is 0 Å². The van der Waals surface area contributed by atoms with Crippen molar-refractivity contribution in [3.8, 4) is 11.5 Å². The molecule has 1 atom stereocenters. The topological polar surface area (TPSA) is 51.6 Å². The fraction of sp³-hybridized carbons (Fsp3) is 0.214. The zero-order chi connectivity index (χ0) is 13.0. The van der Waals surface area contributed by atoms with Gasteiger partial charge in [-0.2, -0.15) is 0 Å². The minimum Gasteiger partial charge on any atom is -0.493 e. The number of rotatable bonds is 4. The third kappa shape index (κ3) is 2.43. The third-order valence-corrected chi connectivity index (χ3v) is 2.69. The number of benzene rings is 1. The van der Waals surface area contributed by atoms with Crippen LogP contribution in [0, 0.1) is 0 Å². The van der Waals surface area contributed by atoms with Crippen molar-refractivity contribution in [3.05, 3.63) is 53.9 Å². The van der Waals surface area contributed by atoms with Crippen molar-refractivity contribution in [1.82, 2.24) is 4.98 Å². The van der Waals surface area contributed by atoms with Crippen molar-refractivity contribution in [2.24, 2.45) is 0 Å². The molecular weight excluding hydrogens is 230 g/mol. The Morgan fingerprint density at radius 3 is 2.44 bits per heavy atom. The van der Waals surface area contributed by atoms with Crippen LogP contribution >= 0.6 is 0 Å². The van der Waals surface area contributed by atoms with Crippen LogP contribution in [0.1, 0.15) is 17.4 Å². The van der Waals surface area contributed by atoms with Gasteiger partial charge < -0.3 is 14.6 Å². The zero-order valence-corrected chi connectivity index (χ0v) is 10.3. The van der Waals surface area contributed by atoms with Gasteiger partial charge in [-0.05, 0) is 29.8 Å². The van der Waals surface area contributed by atoms with Crippen molar-refractivity contribution >= 4 is 0 Å². The fourth-order valence-electron chi connectivity index (χ4n) is 1.73. The molecule has 0 saturated heterocycles. The van der Waals surface area contributed by atoms with Crippen molar-refractivity contribution in [1.29, 1.82) is 0 Å². The molecule has 1 aromatic carbocycles. The third-order valence-electron chi connectivity index (χ3n) is 2.69. The van der Waals surface area contributed by atoms with Gasteiger partial charge in [-0.3, -0.25) is 4.98 Å². The predicted molar refractivity (Wildman–Crippen MR) is 67.8 cm³/mol. The number of ether oxygens (including phenoxy) is 2. The Kier molecular flexibility index (Phi) is 3.79. The van der Waals surface area contributed by atoms with E-state index in [9.17, 15) is 5.11 Å². The summed E-state index contributed by atoms with van der Waals surface area (Å²) in [6, 6.07) is 10.7. The molecule has 2 aromatic rings. The Bertz CT molecular complexity index is 514. The van der Waals surface area contributed by atoms with Crippen LogP contribution in [0.25, 0.3) is 0 Å². The number of aromatic nitrogens is 1. The lowest BCUT2D eigenvalue weighted by molar-refractivity contribution is 0.214. The highest BCUT2D eigenvalue weighted by atomic mass is 16.5. The second-order valence-corrected chi connectivity index (χ2v) is 3.77. The maximum Gasteiger partial charge on any atom is 0.161 e. The Hall–Kier alpha value is -2.07. The fourth-order valence-corrected chi connectivity index (χ4v) is 1.73. The van der Waals surface area contributed by atoms with E-state index >= 15 is 0 Å². The Morgan fingerprint density at radius 2 is 1.83 bits per heavy atom. The largest absolute Gasteiger partial charge is 0.493 e. The molecule has 0 unspecified atom stereocenters. The maximum atomic E-state index is 10.2. The van der Waals surface area contributed by atoms with E-state index < -0.39 is 6.10 Å². The molecule has 0 saturated carbocycles. The quantitative estimate of drug-likeness (QED) is 0.897. The van der Waals surface area contributed by atoms with Crippen molar-refractivity contribution in [2.75, 3.05) is 14.2 Å². The molecule has 1 heterocycles. The molecule has 0 spiro atoms. The summed E-state index contributed by atoms with van der Waals surface area (Å²) in [5, 5.41) is 10.2. The van der Waals surface area contributed by atoms with Gasteiger partial charge in [0.25, 0.3) is 0 Å². The van der Waals surface area contributed by atoms with E-state index in [0.29, 0.717) is 22.8 Å². The molecular formula is C14H15NO3. The van der Waals surface area contributed by atoms with Gasteiger partial charge in [0.1, 0.15) is 6.10 Å². The Balaban J connectivity index is 2.34. The average Bonchev–Trinajstić information content (AvgIpc) is 2.46.